The summed E-state index contributed by atoms with van der Waals surface area (Å²) in [5.41, 5.74) is 2.69. The van der Waals surface area contributed by atoms with Gasteiger partial charge in [-0.1, -0.05) is 0 Å². The molecule has 0 amide bonds. The van der Waals surface area contributed by atoms with E-state index in [-0.39, 0.29) is 5.41 Å². The highest BCUT2D eigenvalue weighted by molar-refractivity contribution is 5.68. The number of anilines is 1. The Kier molecular flexibility index (Phi) is 3.27. The van der Waals surface area contributed by atoms with Gasteiger partial charge in [-0.3, -0.25) is 0 Å². The molecule has 104 valence electrons. The highest BCUT2D eigenvalue weighted by Crippen LogP contribution is 2.48. The van der Waals surface area contributed by atoms with Crippen LogP contribution >= 0.6 is 0 Å². The van der Waals surface area contributed by atoms with Gasteiger partial charge in [0.2, 0.25) is 0 Å². The van der Waals surface area contributed by atoms with E-state index in [4.69, 9.17) is 14.2 Å². The minimum atomic E-state index is 0.223. The van der Waals surface area contributed by atoms with Gasteiger partial charge in [0.05, 0.1) is 19.9 Å². The average Bonchev–Trinajstić information content (AvgIpc) is 2.48. The predicted octanol–water partition coefficient (Wildman–Crippen LogP) is 2.57. The van der Waals surface area contributed by atoms with Gasteiger partial charge in [0.1, 0.15) is 11.5 Å². The molecule has 0 unspecified atom stereocenters. The Balaban J connectivity index is 2.11. The van der Waals surface area contributed by atoms with Crippen LogP contribution in [0.3, 0.4) is 0 Å². The molecule has 1 aromatic carbocycles. The van der Waals surface area contributed by atoms with Crippen LogP contribution in [0.1, 0.15) is 24.8 Å². The fraction of sp³-hybridized carbons (Fsp3) is 0.600. The van der Waals surface area contributed by atoms with Gasteiger partial charge in [-0.05, 0) is 30.9 Å². The second-order valence-electron chi connectivity index (χ2n) is 5.32. The predicted molar refractivity (Wildman–Crippen MR) is 74.4 cm³/mol. The minimum Gasteiger partial charge on any atom is -0.497 e. The number of ether oxygens (including phenoxy) is 3. The first-order valence-electron chi connectivity index (χ1n) is 6.87. The molecule has 0 radical (unpaired) electrons. The zero-order chi connectivity index (χ0) is 13.3. The second kappa shape index (κ2) is 4.93. The van der Waals surface area contributed by atoms with E-state index in [1.807, 2.05) is 6.07 Å². The van der Waals surface area contributed by atoms with Crippen LogP contribution in [0.15, 0.2) is 12.1 Å². The highest BCUT2D eigenvalue weighted by atomic mass is 16.5. The van der Waals surface area contributed by atoms with E-state index in [1.165, 1.54) is 5.56 Å². The third-order valence-corrected chi connectivity index (χ3v) is 4.46. The van der Waals surface area contributed by atoms with Crippen LogP contribution in [0.25, 0.3) is 0 Å². The van der Waals surface area contributed by atoms with Gasteiger partial charge in [0, 0.05) is 31.2 Å². The zero-order valence-corrected chi connectivity index (χ0v) is 11.6. The standard InChI is InChI=1S/C15H21NO3/c1-17-11-9-12-14(13(10-11)18-2)16-6-3-15(12)4-7-19-8-5-15/h9-10,16H,3-8H2,1-2H3. The van der Waals surface area contributed by atoms with Crippen LogP contribution in [0, 0.1) is 0 Å². The largest absolute Gasteiger partial charge is 0.497 e. The lowest BCUT2D eigenvalue weighted by atomic mass is 9.69. The van der Waals surface area contributed by atoms with E-state index in [0.717, 1.165) is 56.2 Å². The molecule has 0 saturated carbocycles. The smallest absolute Gasteiger partial charge is 0.145 e. The number of fused-ring (bicyclic) bond motifs is 2. The fourth-order valence-corrected chi connectivity index (χ4v) is 3.31. The monoisotopic (exact) mass is 263 g/mol. The van der Waals surface area contributed by atoms with E-state index in [2.05, 4.69) is 11.4 Å². The molecule has 0 aliphatic carbocycles. The third kappa shape index (κ3) is 2.04. The molecule has 1 saturated heterocycles. The van der Waals surface area contributed by atoms with E-state index in [9.17, 15) is 0 Å². The maximum Gasteiger partial charge on any atom is 0.145 e. The molecule has 1 N–H and O–H groups in total. The number of nitrogens with one attached hydrogen (secondary N) is 1. The van der Waals surface area contributed by atoms with Gasteiger partial charge in [-0.2, -0.15) is 0 Å². The van der Waals surface area contributed by atoms with Crippen molar-refractivity contribution in [2.75, 3.05) is 39.3 Å². The van der Waals surface area contributed by atoms with Gasteiger partial charge in [0.25, 0.3) is 0 Å². The van der Waals surface area contributed by atoms with E-state index in [1.54, 1.807) is 14.2 Å². The van der Waals surface area contributed by atoms with Crippen LogP contribution < -0.4 is 14.8 Å². The zero-order valence-electron chi connectivity index (χ0n) is 11.6. The Bertz CT molecular complexity index is 467. The maximum absolute atomic E-state index is 5.54. The van der Waals surface area contributed by atoms with E-state index >= 15 is 0 Å². The summed E-state index contributed by atoms with van der Waals surface area (Å²) in [7, 11) is 3.41. The first-order valence-corrected chi connectivity index (χ1v) is 6.87. The molecule has 4 nitrogen and oxygen atoms in total. The quantitative estimate of drug-likeness (QED) is 0.890. The normalized spacial score (nSPS) is 20.5. The third-order valence-electron chi connectivity index (χ3n) is 4.46. The van der Waals surface area contributed by atoms with Crippen LogP contribution in [-0.2, 0) is 10.2 Å². The summed E-state index contributed by atoms with van der Waals surface area (Å²) in [6, 6.07) is 4.11. The van der Waals surface area contributed by atoms with Crippen LogP contribution in [0.4, 0.5) is 5.69 Å². The second-order valence-corrected chi connectivity index (χ2v) is 5.32. The Morgan fingerprint density at radius 1 is 1.11 bits per heavy atom. The van der Waals surface area contributed by atoms with Crippen molar-refractivity contribution in [1.29, 1.82) is 0 Å². The molecule has 4 heteroatoms. The number of benzene rings is 1. The molecule has 1 spiro atoms. The van der Waals surface area contributed by atoms with Crippen molar-refractivity contribution in [2.24, 2.45) is 0 Å². The van der Waals surface area contributed by atoms with Gasteiger partial charge in [-0.15, -0.1) is 0 Å². The van der Waals surface area contributed by atoms with Crippen molar-refractivity contribution in [3.8, 4) is 11.5 Å². The van der Waals surface area contributed by atoms with Gasteiger partial charge in [-0.25, -0.2) is 0 Å². The molecule has 2 heterocycles. The SMILES string of the molecule is COc1cc(OC)c2c(c1)C1(CCN2)CCOCC1. The number of hydrogen-bond acceptors (Lipinski definition) is 4. The van der Waals surface area contributed by atoms with Gasteiger partial charge < -0.3 is 19.5 Å². The first kappa shape index (κ1) is 12.6. The van der Waals surface area contributed by atoms with Gasteiger partial charge >= 0.3 is 0 Å². The first-order chi connectivity index (χ1) is 9.29. The molecule has 19 heavy (non-hydrogen) atoms. The molecule has 1 aromatic rings. The molecular formula is C15H21NO3. The number of hydrogen-bond donors (Lipinski definition) is 1. The summed E-state index contributed by atoms with van der Waals surface area (Å²) in [5, 5.41) is 3.48. The summed E-state index contributed by atoms with van der Waals surface area (Å²) in [4.78, 5) is 0. The number of methoxy groups -OCH3 is 2. The summed E-state index contributed by atoms with van der Waals surface area (Å²) >= 11 is 0. The summed E-state index contributed by atoms with van der Waals surface area (Å²) < 4.78 is 16.5. The highest BCUT2D eigenvalue weighted by Gasteiger charge is 2.39. The van der Waals surface area contributed by atoms with E-state index < -0.39 is 0 Å². The fourth-order valence-electron chi connectivity index (χ4n) is 3.31. The minimum absolute atomic E-state index is 0.223. The van der Waals surface area contributed by atoms with Crippen LogP contribution in [0.5, 0.6) is 11.5 Å². The van der Waals surface area contributed by atoms with Crippen molar-refractivity contribution >= 4 is 5.69 Å². The van der Waals surface area contributed by atoms with Crippen LogP contribution in [-0.4, -0.2) is 34.0 Å². The molecular weight excluding hydrogens is 242 g/mol. The molecule has 1 fully saturated rings. The van der Waals surface area contributed by atoms with Gasteiger partial charge in [0.15, 0.2) is 0 Å². The van der Waals surface area contributed by atoms with Crippen molar-refractivity contribution in [1.82, 2.24) is 0 Å². The Morgan fingerprint density at radius 2 is 1.89 bits per heavy atom. The molecule has 2 aliphatic rings. The molecule has 0 atom stereocenters. The lowest BCUT2D eigenvalue weighted by Gasteiger charge is -2.42. The lowest BCUT2D eigenvalue weighted by Crippen LogP contribution is -2.39. The lowest BCUT2D eigenvalue weighted by molar-refractivity contribution is 0.0469. The summed E-state index contributed by atoms with van der Waals surface area (Å²) in [6.07, 6.45) is 3.32. The summed E-state index contributed by atoms with van der Waals surface area (Å²) in [6.45, 7) is 2.69. The molecule has 2 aliphatic heterocycles. The van der Waals surface area contributed by atoms with Crippen molar-refractivity contribution in [3.63, 3.8) is 0 Å². The molecule has 3 rings (SSSR count). The summed E-state index contributed by atoms with van der Waals surface area (Å²) in [5.74, 6) is 1.74. The van der Waals surface area contributed by atoms with Crippen molar-refractivity contribution in [3.05, 3.63) is 17.7 Å². The topological polar surface area (TPSA) is 39.7 Å². The van der Waals surface area contributed by atoms with Crippen molar-refractivity contribution in [2.45, 2.75) is 24.7 Å². The maximum atomic E-state index is 5.54. The Hall–Kier alpha value is -1.42. The molecule has 0 aromatic heterocycles. The average molecular weight is 263 g/mol. The Morgan fingerprint density at radius 3 is 2.58 bits per heavy atom. The van der Waals surface area contributed by atoms with Crippen molar-refractivity contribution < 1.29 is 14.2 Å². The Labute approximate surface area is 114 Å². The van der Waals surface area contributed by atoms with Crippen LogP contribution in [0.2, 0.25) is 0 Å². The van der Waals surface area contributed by atoms with E-state index in [0.29, 0.717) is 0 Å². The number of rotatable bonds is 2. The molecule has 0 bridgehead atoms.